The van der Waals surface area contributed by atoms with Crippen molar-refractivity contribution in [2.75, 3.05) is 32.7 Å². The van der Waals surface area contributed by atoms with Crippen molar-refractivity contribution in [2.45, 2.75) is 26.0 Å². The van der Waals surface area contributed by atoms with Crippen molar-refractivity contribution in [3.05, 3.63) is 29.0 Å². The van der Waals surface area contributed by atoms with Crippen LogP contribution in [0.4, 0.5) is 0 Å². The Bertz CT molecular complexity index is 377. The number of hydrogen-bond donors (Lipinski definition) is 1. The average molecular weight is 284 g/mol. The van der Waals surface area contributed by atoms with E-state index < -0.39 is 0 Å². The Balaban J connectivity index is 1.75. The second-order valence-corrected chi connectivity index (χ2v) is 5.52. The van der Waals surface area contributed by atoms with Crippen LogP contribution in [0.15, 0.2) is 18.3 Å². The van der Waals surface area contributed by atoms with Crippen molar-refractivity contribution in [1.82, 2.24) is 14.8 Å². The molecule has 1 aliphatic rings. The molecule has 0 aliphatic carbocycles. The fraction of sp³-hybridized carbons (Fsp3) is 0.643. The zero-order valence-corrected chi connectivity index (χ0v) is 12.2. The molecule has 2 heterocycles. The summed E-state index contributed by atoms with van der Waals surface area (Å²) in [5.41, 5.74) is 1.20. The quantitative estimate of drug-likeness (QED) is 0.834. The predicted octanol–water partition coefficient (Wildman–Crippen LogP) is 1.62. The van der Waals surface area contributed by atoms with E-state index in [0.717, 1.165) is 45.7 Å². The van der Waals surface area contributed by atoms with E-state index in [0.29, 0.717) is 5.15 Å². The van der Waals surface area contributed by atoms with Gasteiger partial charge in [-0.3, -0.25) is 9.80 Å². The minimum absolute atomic E-state index is 0.188. The molecule has 2 rings (SSSR count). The normalized spacial score (nSPS) is 19.5. The summed E-state index contributed by atoms with van der Waals surface area (Å²) in [5, 5.41) is 10.2. The maximum Gasteiger partial charge on any atom is 0.129 e. The molecule has 1 aliphatic heterocycles. The van der Waals surface area contributed by atoms with Crippen LogP contribution in [0.3, 0.4) is 0 Å². The van der Waals surface area contributed by atoms with Crippen LogP contribution in [-0.4, -0.2) is 58.7 Å². The summed E-state index contributed by atoms with van der Waals surface area (Å²) in [4.78, 5) is 8.86. The van der Waals surface area contributed by atoms with Crippen molar-refractivity contribution in [2.24, 2.45) is 0 Å². The molecular formula is C14H22ClN3O. The lowest BCUT2D eigenvalue weighted by molar-refractivity contribution is 0.0686. The van der Waals surface area contributed by atoms with E-state index in [1.54, 1.807) is 0 Å². The van der Waals surface area contributed by atoms with Gasteiger partial charge in [-0.1, -0.05) is 24.6 Å². The Hall–Kier alpha value is -0.680. The van der Waals surface area contributed by atoms with Gasteiger partial charge in [-0.15, -0.1) is 0 Å². The SMILES string of the molecule is CCC(O)CN1CCN(Cc2ccc(Cl)nc2)CC1. The van der Waals surface area contributed by atoms with Gasteiger partial charge >= 0.3 is 0 Å². The molecule has 1 unspecified atom stereocenters. The van der Waals surface area contributed by atoms with E-state index in [-0.39, 0.29) is 6.10 Å². The molecule has 1 atom stereocenters. The van der Waals surface area contributed by atoms with Gasteiger partial charge in [0, 0.05) is 45.5 Å². The molecule has 5 heteroatoms. The Morgan fingerprint density at radius 1 is 1.26 bits per heavy atom. The van der Waals surface area contributed by atoms with Gasteiger partial charge in [0.2, 0.25) is 0 Å². The van der Waals surface area contributed by atoms with Crippen molar-refractivity contribution >= 4 is 11.6 Å². The first-order chi connectivity index (χ1) is 9.17. The molecule has 1 aromatic rings. The molecule has 0 spiro atoms. The van der Waals surface area contributed by atoms with Crippen LogP contribution < -0.4 is 0 Å². The zero-order valence-electron chi connectivity index (χ0n) is 11.4. The first-order valence-electron chi connectivity index (χ1n) is 6.90. The number of pyridine rings is 1. The van der Waals surface area contributed by atoms with Gasteiger partial charge in [-0.2, -0.15) is 0 Å². The van der Waals surface area contributed by atoms with Crippen molar-refractivity contribution < 1.29 is 5.11 Å². The summed E-state index contributed by atoms with van der Waals surface area (Å²) >= 11 is 5.78. The summed E-state index contributed by atoms with van der Waals surface area (Å²) in [5.74, 6) is 0. The van der Waals surface area contributed by atoms with Crippen LogP contribution in [0, 0.1) is 0 Å². The van der Waals surface area contributed by atoms with E-state index in [2.05, 4.69) is 14.8 Å². The number of piperazine rings is 1. The maximum atomic E-state index is 9.66. The standard InChI is InChI=1S/C14H22ClN3O/c1-2-13(19)11-18-7-5-17(6-8-18)10-12-3-4-14(15)16-9-12/h3-4,9,13,19H,2,5-8,10-11H2,1H3. The number of rotatable bonds is 5. The Kier molecular flexibility index (Phi) is 5.58. The van der Waals surface area contributed by atoms with Crippen LogP contribution in [0.1, 0.15) is 18.9 Å². The fourth-order valence-electron chi connectivity index (χ4n) is 2.32. The Morgan fingerprint density at radius 2 is 1.95 bits per heavy atom. The molecule has 1 fully saturated rings. The van der Waals surface area contributed by atoms with E-state index in [4.69, 9.17) is 11.6 Å². The number of hydrogen-bond acceptors (Lipinski definition) is 4. The molecule has 1 N–H and O–H groups in total. The van der Waals surface area contributed by atoms with Crippen LogP contribution in [0.5, 0.6) is 0 Å². The van der Waals surface area contributed by atoms with Crippen LogP contribution >= 0.6 is 11.6 Å². The van der Waals surface area contributed by atoms with Crippen LogP contribution in [0.25, 0.3) is 0 Å². The predicted molar refractivity (Wildman–Crippen MR) is 77.3 cm³/mol. The minimum atomic E-state index is -0.188. The van der Waals surface area contributed by atoms with Crippen LogP contribution in [0.2, 0.25) is 5.15 Å². The summed E-state index contributed by atoms with van der Waals surface area (Å²) in [6.45, 7) is 7.88. The van der Waals surface area contributed by atoms with Gasteiger partial charge < -0.3 is 5.11 Å². The van der Waals surface area contributed by atoms with Crippen molar-refractivity contribution in [3.63, 3.8) is 0 Å². The van der Waals surface area contributed by atoms with Crippen LogP contribution in [-0.2, 0) is 6.54 Å². The summed E-state index contributed by atoms with van der Waals surface area (Å²) in [7, 11) is 0. The first-order valence-corrected chi connectivity index (χ1v) is 7.28. The number of halogens is 1. The molecule has 0 saturated carbocycles. The highest BCUT2D eigenvalue weighted by atomic mass is 35.5. The van der Waals surface area contributed by atoms with Gasteiger partial charge in [0.15, 0.2) is 0 Å². The zero-order chi connectivity index (χ0) is 13.7. The molecule has 0 amide bonds. The molecule has 106 valence electrons. The molecule has 1 saturated heterocycles. The highest BCUT2D eigenvalue weighted by Gasteiger charge is 2.18. The highest BCUT2D eigenvalue weighted by Crippen LogP contribution is 2.10. The Morgan fingerprint density at radius 3 is 2.53 bits per heavy atom. The minimum Gasteiger partial charge on any atom is -0.392 e. The lowest BCUT2D eigenvalue weighted by Crippen LogP contribution is -2.48. The highest BCUT2D eigenvalue weighted by molar-refractivity contribution is 6.29. The van der Waals surface area contributed by atoms with E-state index in [1.807, 2.05) is 25.3 Å². The lowest BCUT2D eigenvalue weighted by Gasteiger charge is -2.35. The second-order valence-electron chi connectivity index (χ2n) is 5.13. The average Bonchev–Trinajstić information content (AvgIpc) is 2.43. The van der Waals surface area contributed by atoms with Gasteiger partial charge in [-0.05, 0) is 18.1 Å². The maximum absolute atomic E-state index is 9.66. The second kappa shape index (κ2) is 7.20. The molecule has 0 aromatic carbocycles. The largest absolute Gasteiger partial charge is 0.392 e. The summed E-state index contributed by atoms with van der Waals surface area (Å²) < 4.78 is 0. The molecule has 0 radical (unpaired) electrons. The third kappa shape index (κ3) is 4.73. The molecule has 1 aromatic heterocycles. The van der Waals surface area contributed by atoms with Crippen molar-refractivity contribution in [1.29, 1.82) is 0 Å². The summed E-state index contributed by atoms with van der Waals surface area (Å²) in [6.07, 6.45) is 2.48. The summed E-state index contributed by atoms with van der Waals surface area (Å²) in [6, 6.07) is 3.87. The van der Waals surface area contributed by atoms with Gasteiger partial charge in [0.1, 0.15) is 5.15 Å². The number of aromatic nitrogens is 1. The van der Waals surface area contributed by atoms with Gasteiger partial charge in [0.05, 0.1) is 6.10 Å². The monoisotopic (exact) mass is 283 g/mol. The smallest absolute Gasteiger partial charge is 0.129 e. The topological polar surface area (TPSA) is 39.6 Å². The third-order valence-electron chi connectivity index (χ3n) is 3.60. The number of nitrogens with zero attached hydrogens (tertiary/aromatic N) is 3. The number of β-amino-alcohol motifs (C(OH)–C–C–N with tert-alkyl or cyclic N) is 1. The molecule has 0 bridgehead atoms. The van der Waals surface area contributed by atoms with Gasteiger partial charge in [0.25, 0.3) is 0 Å². The molecule has 4 nitrogen and oxygen atoms in total. The van der Waals surface area contributed by atoms with Gasteiger partial charge in [-0.25, -0.2) is 4.98 Å². The third-order valence-corrected chi connectivity index (χ3v) is 3.82. The lowest BCUT2D eigenvalue weighted by atomic mass is 10.2. The van der Waals surface area contributed by atoms with Crippen molar-refractivity contribution in [3.8, 4) is 0 Å². The number of aliphatic hydroxyl groups is 1. The Labute approximate surface area is 120 Å². The molecular weight excluding hydrogens is 262 g/mol. The van der Waals surface area contributed by atoms with E-state index >= 15 is 0 Å². The van der Waals surface area contributed by atoms with E-state index in [1.165, 1.54) is 5.56 Å². The fourth-order valence-corrected chi connectivity index (χ4v) is 2.43. The first kappa shape index (κ1) is 14.7. The molecule has 19 heavy (non-hydrogen) atoms. The van der Waals surface area contributed by atoms with E-state index in [9.17, 15) is 5.11 Å². The number of aliphatic hydroxyl groups excluding tert-OH is 1.